The fourth-order valence-corrected chi connectivity index (χ4v) is 3.86. The lowest BCUT2D eigenvalue weighted by molar-refractivity contribution is 0.330. The Bertz CT molecular complexity index is 1020. The molecular weight excluding hydrogens is 356 g/mol. The predicted octanol–water partition coefficient (Wildman–Crippen LogP) is 5.50. The van der Waals surface area contributed by atoms with Gasteiger partial charge in [0, 0.05) is 23.3 Å². The van der Waals surface area contributed by atoms with Crippen molar-refractivity contribution in [2.75, 3.05) is 0 Å². The van der Waals surface area contributed by atoms with Crippen molar-refractivity contribution >= 4 is 11.8 Å². The van der Waals surface area contributed by atoms with Crippen molar-refractivity contribution in [2.45, 2.75) is 33.1 Å². The molecule has 1 N–H and O–H groups in total. The maximum Gasteiger partial charge on any atom is 0.0998 e. The molecule has 29 heavy (non-hydrogen) atoms. The first-order valence-corrected chi connectivity index (χ1v) is 9.91. The largest absolute Gasteiger partial charge is 0.308 e. The van der Waals surface area contributed by atoms with Crippen LogP contribution in [0, 0.1) is 28.6 Å². The molecule has 0 unspecified atom stereocenters. The Morgan fingerprint density at radius 3 is 2.69 bits per heavy atom. The Kier molecular flexibility index (Phi) is 6.51. The first kappa shape index (κ1) is 20.4. The molecule has 1 aromatic carbocycles. The molecule has 0 bridgehead atoms. The van der Waals surface area contributed by atoms with Crippen molar-refractivity contribution in [2.24, 2.45) is 11.8 Å². The van der Waals surface area contributed by atoms with Crippen molar-refractivity contribution in [3.63, 3.8) is 0 Å². The van der Waals surface area contributed by atoms with Gasteiger partial charge in [-0.05, 0) is 42.4 Å². The Balaban J connectivity index is 1.85. The molecule has 1 aromatic heterocycles. The molecule has 0 radical (unpaired) electrons. The zero-order valence-corrected chi connectivity index (χ0v) is 17.1. The monoisotopic (exact) mass is 382 g/mol. The molecule has 4 nitrogen and oxygen atoms in total. The van der Waals surface area contributed by atoms with Crippen molar-refractivity contribution < 1.29 is 0 Å². The first-order valence-electron chi connectivity index (χ1n) is 9.91. The summed E-state index contributed by atoms with van der Waals surface area (Å²) in [5, 5.41) is 25.2. The Labute approximate surface area is 172 Å². The van der Waals surface area contributed by atoms with Gasteiger partial charge >= 0.3 is 0 Å². The lowest BCUT2D eigenvalue weighted by Gasteiger charge is -2.33. The number of hydrogen-bond donors (Lipinski definition) is 1. The van der Waals surface area contributed by atoms with E-state index >= 15 is 0 Å². The number of nitrogens with one attached hydrogen (secondary N) is 1. The quantitative estimate of drug-likeness (QED) is 0.548. The Morgan fingerprint density at radius 2 is 1.93 bits per heavy atom. The van der Waals surface area contributed by atoms with Gasteiger partial charge in [0.2, 0.25) is 0 Å². The van der Waals surface area contributed by atoms with Gasteiger partial charge in [-0.15, -0.1) is 0 Å². The summed E-state index contributed by atoms with van der Waals surface area (Å²) < 4.78 is 0. The zero-order chi connectivity index (χ0) is 20.8. The molecular formula is C25H26N4. The standard InChI is InChI=1S/C25H26N4/c1-17(8-10-21(14-27)24-7-5-4-6-20(24)13-26)9-11-23-19(3)18(2)12-22-15-28-29-16-25(22)23/h4-11,14-16,18-19,23,27H,12H2,1-3H3/b11-9+,17-8+,21-10+,27-14?/t18-,19+,23-/m0/s1. The Morgan fingerprint density at radius 1 is 1.17 bits per heavy atom. The van der Waals surface area contributed by atoms with E-state index in [0.29, 0.717) is 23.3 Å². The minimum Gasteiger partial charge on any atom is -0.308 e. The molecule has 4 heteroatoms. The maximum absolute atomic E-state index is 9.31. The molecule has 1 aliphatic rings. The van der Waals surface area contributed by atoms with Gasteiger partial charge in [-0.25, -0.2) is 0 Å². The van der Waals surface area contributed by atoms with Gasteiger partial charge in [0.05, 0.1) is 24.0 Å². The zero-order valence-electron chi connectivity index (χ0n) is 17.1. The van der Waals surface area contributed by atoms with Gasteiger partial charge < -0.3 is 5.41 Å². The van der Waals surface area contributed by atoms with Crippen LogP contribution in [-0.2, 0) is 6.42 Å². The van der Waals surface area contributed by atoms with Crippen LogP contribution in [0.25, 0.3) is 5.57 Å². The molecule has 0 amide bonds. The fourth-order valence-electron chi connectivity index (χ4n) is 3.86. The van der Waals surface area contributed by atoms with Crippen LogP contribution in [0.2, 0.25) is 0 Å². The minimum atomic E-state index is 0.318. The summed E-state index contributed by atoms with van der Waals surface area (Å²) in [7, 11) is 0. The van der Waals surface area contributed by atoms with E-state index in [9.17, 15) is 5.26 Å². The average molecular weight is 383 g/mol. The van der Waals surface area contributed by atoms with Crippen LogP contribution in [0.15, 0.2) is 66.5 Å². The lowest BCUT2D eigenvalue weighted by atomic mass is 9.71. The normalized spacial score (nSPS) is 22.2. The van der Waals surface area contributed by atoms with Crippen molar-refractivity contribution in [3.05, 3.63) is 88.8 Å². The summed E-state index contributed by atoms with van der Waals surface area (Å²) in [6, 6.07) is 9.56. The summed E-state index contributed by atoms with van der Waals surface area (Å²) in [6.45, 7) is 6.64. The van der Waals surface area contributed by atoms with Gasteiger partial charge in [0.25, 0.3) is 0 Å². The molecule has 1 heterocycles. The summed E-state index contributed by atoms with van der Waals surface area (Å²) in [5.41, 5.74) is 5.73. The van der Waals surface area contributed by atoms with Gasteiger partial charge in [0.15, 0.2) is 0 Å². The number of allylic oxidation sites excluding steroid dienone is 6. The molecule has 0 saturated carbocycles. The molecule has 3 atom stereocenters. The van der Waals surface area contributed by atoms with Crippen molar-refractivity contribution in [3.8, 4) is 6.07 Å². The third-order valence-corrected chi connectivity index (χ3v) is 5.82. The van der Waals surface area contributed by atoms with Crippen LogP contribution >= 0.6 is 0 Å². The molecule has 3 rings (SSSR count). The number of nitrogens with zero attached hydrogens (tertiary/aromatic N) is 3. The van der Waals surface area contributed by atoms with E-state index in [1.807, 2.05) is 49.7 Å². The van der Waals surface area contributed by atoms with Gasteiger partial charge in [-0.3, -0.25) is 0 Å². The number of fused-ring (bicyclic) bond motifs is 1. The van der Waals surface area contributed by atoms with Crippen molar-refractivity contribution in [1.29, 1.82) is 10.7 Å². The SMILES string of the molecule is CC(/C=C/[C@@H]1c2cnncc2C[C@H](C)[C@H]1C)=C\C=C(/C=N)c1ccccc1C#N. The first-order chi connectivity index (χ1) is 14.0. The third kappa shape index (κ3) is 4.57. The van der Waals surface area contributed by atoms with Gasteiger partial charge in [0.1, 0.15) is 0 Å². The smallest absolute Gasteiger partial charge is 0.0998 e. The Hall–Kier alpha value is -3.32. The van der Waals surface area contributed by atoms with Crippen molar-refractivity contribution in [1.82, 2.24) is 10.2 Å². The predicted molar refractivity (Wildman–Crippen MR) is 118 cm³/mol. The van der Waals surface area contributed by atoms with Crippen LogP contribution in [0.1, 0.15) is 48.9 Å². The number of aromatic nitrogens is 2. The molecule has 2 aromatic rings. The van der Waals surface area contributed by atoms with E-state index < -0.39 is 0 Å². The second kappa shape index (κ2) is 9.25. The highest BCUT2D eigenvalue weighted by molar-refractivity contribution is 6.09. The minimum absolute atomic E-state index is 0.318. The van der Waals surface area contributed by atoms with Crippen LogP contribution in [-0.4, -0.2) is 16.4 Å². The summed E-state index contributed by atoms with van der Waals surface area (Å²) in [4.78, 5) is 0. The fraction of sp³-hybridized carbons (Fsp3) is 0.280. The maximum atomic E-state index is 9.31. The molecule has 1 aliphatic carbocycles. The van der Waals surface area contributed by atoms with E-state index in [-0.39, 0.29) is 0 Å². The number of benzene rings is 1. The van der Waals surface area contributed by atoms with Gasteiger partial charge in [-0.2, -0.15) is 15.5 Å². The topological polar surface area (TPSA) is 73.4 Å². The van der Waals surface area contributed by atoms with Crippen LogP contribution < -0.4 is 0 Å². The molecule has 0 aliphatic heterocycles. The average Bonchev–Trinajstić information content (AvgIpc) is 2.74. The number of hydrogen-bond acceptors (Lipinski definition) is 4. The summed E-state index contributed by atoms with van der Waals surface area (Å²) >= 11 is 0. The van der Waals surface area contributed by atoms with Crippen LogP contribution in [0.5, 0.6) is 0 Å². The summed E-state index contributed by atoms with van der Waals surface area (Å²) in [6.07, 6.45) is 14.4. The number of rotatable bonds is 5. The third-order valence-electron chi connectivity index (χ3n) is 5.82. The number of nitriles is 1. The lowest BCUT2D eigenvalue weighted by Crippen LogP contribution is -2.25. The van der Waals surface area contributed by atoms with Gasteiger partial charge in [-0.1, -0.05) is 61.9 Å². The second-order valence-corrected chi connectivity index (χ2v) is 7.73. The molecule has 0 spiro atoms. The highest BCUT2D eigenvalue weighted by Gasteiger charge is 2.30. The second-order valence-electron chi connectivity index (χ2n) is 7.73. The highest BCUT2D eigenvalue weighted by Crippen LogP contribution is 2.39. The summed E-state index contributed by atoms with van der Waals surface area (Å²) in [5.74, 6) is 1.45. The van der Waals surface area contributed by atoms with E-state index in [2.05, 4.69) is 42.3 Å². The van der Waals surface area contributed by atoms with E-state index in [1.165, 1.54) is 17.3 Å². The van der Waals surface area contributed by atoms with E-state index in [4.69, 9.17) is 5.41 Å². The van der Waals surface area contributed by atoms with Crippen LogP contribution in [0.4, 0.5) is 0 Å². The van der Waals surface area contributed by atoms with E-state index in [0.717, 1.165) is 23.1 Å². The van der Waals surface area contributed by atoms with E-state index in [1.54, 1.807) is 6.07 Å². The molecule has 0 saturated heterocycles. The van der Waals surface area contributed by atoms with Crippen LogP contribution in [0.3, 0.4) is 0 Å². The highest BCUT2D eigenvalue weighted by atomic mass is 15.1. The molecule has 146 valence electrons. The molecule has 0 fully saturated rings.